The molecule has 0 bridgehead atoms. The molecule has 0 radical (unpaired) electrons. The fourth-order valence-corrected chi connectivity index (χ4v) is 4.81. The molecular formula is C22H34N4O2. The van der Waals surface area contributed by atoms with E-state index in [0.29, 0.717) is 12.0 Å². The highest BCUT2D eigenvalue weighted by atomic mass is 16.5. The van der Waals surface area contributed by atoms with Gasteiger partial charge in [0.15, 0.2) is 0 Å². The van der Waals surface area contributed by atoms with Crippen molar-refractivity contribution in [1.29, 1.82) is 0 Å². The third kappa shape index (κ3) is 5.25. The third-order valence-electron chi connectivity index (χ3n) is 6.41. The minimum Gasteiger partial charge on any atom is -0.379 e. The van der Waals surface area contributed by atoms with Crippen LogP contribution in [-0.2, 0) is 11.3 Å². The maximum Gasteiger partial charge on any atom is 0.317 e. The van der Waals surface area contributed by atoms with Gasteiger partial charge in [-0.15, -0.1) is 0 Å². The zero-order chi connectivity index (χ0) is 19.2. The van der Waals surface area contributed by atoms with E-state index >= 15 is 0 Å². The topological polar surface area (TPSA) is 48.1 Å². The number of benzene rings is 1. The molecule has 2 unspecified atom stereocenters. The van der Waals surface area contributed by atoms with Crippen molar-refractivity contribution in [1.82, 2.24) is 20.0 Å². The Kier molecular flexibility index (Phi) is 6.83. The predicted molar refractivity (Wildman–Crippen MR) is 110 cm³/mol. The highest BCUT2D eigenvalue weighted by Crippen LogP contribution is 2.19. The number of likely N-dealkylation sites (tertiary alicyclic amines) is 2. The first-order chi connectivity index (χ1) is 13.8. The van der Waals surface area contributed by atoms with E-state index in [-0.39, 0.29) is 6.03 Å². The Morgan fingerprint density at radius 1 is 1.04 bits per heavy atom. The number of carbonyl (C=O) groups is 1. The molecule has 3 heterocycles. The zero-order valence-corrected chi connectivity index (χ0v) is 16.9. The van der Waals surface area contributed by atoms with Gasteiger partial charge in [0, 0.05) is 51.9 Å². The number of nitrogens with one attached hydrogen (secondary N) is 1. The quantitative estimate of drug-likeness (QED) is 0.841. The molecule has 3 saturated heterocycles. The summed E-state index contributed by atoms with van der Waals surface area (Å²) in [6.45, 7) is 9.42. The molecule has 1 aromatic rings. The molecule has 3 aliphatic rings. The van der Waals surface area contributed by atoms with Gasteiger partial charge in [-0.05, 0) is 37.3 Å². The molecule has 0 saturated carbocycles. The average Bonchev–Trinajstić information content (AvgIpc) is 3.24. The molecule has 1 aromatic carbocycles. The molecule has 28 heavy (non-hydrogen) atoms. The summed E-state index contributed by atoms with van der Waals surface area (Å²) in [7, 11) is 0. The molecule has 6 heteroatoms. The number of carbonyl (C=O) groups excluding carboxylic acids is 1. The maximum absolute atomic E-state index is 12.6. The summed E-state index contributed by atoms with van der Waals surface area (Å²) in [4.78, 5) is 19.7. The minimum atomic E-state index is 0.121. The fraction of sp³-hybridized carbons (Fsp3) is 0.682. The first kappa shape index (κ1) is 19.7. The SMILES string of the molecule is O=C(NCC1CCCN(Cc2ccccc2)C1)N1CCC(N2CCOCC2)C1. The zero-order valence-electron chi connectivity index (χ0n) is 16.9. The van der Waals surface area contributed by atoms with Crippen LogP contribution in [0.3, 0.4) is 0 Å². The summed E-state index contributed by atoms with van der Waals surface area (Å²) in [5.41, 5.74) is 1.37. The Morgan fingerprint density at radius 2 is 1.86 bits per heavy atom. The number of nitrogens with zero attached hydrogens (tertiary/aromatic N) is 3. The summed E-state index contributed by atoms with van der Waals surface area (Å²) in [5.74, 6) is 0.555. The summed E-state index contributed by atoms with van der Waals surface area (Å²) in [6, 6.07) is 11.3. The van der Waals surface area contributed by atoms with E-state index in [1.807, 2.05) is 4.90 Å². The maximum atomic E-state index is 12.6. The Morgan fingerprint density at radius 3 is 2.68 bits per heavy atom. The van der Waals surface area contributed by atoms with Crippen LogP contribution in [0.4, 0.5) is 4.79 Å². The van der Waals surface area contributed by atoms with Crippen molar-refractivity contribution < 1.29 is 9.53 Å². The highest BCUT2D eigenvalue weighted by molar-refractivity contribution is 5.74. The van der Waals surface area contributed by atoms with Gasteiger partial charge in [0.05, 0.1) is 13.2 Å². The number of hydrogen-bond acceptors (Lipinski definition) is 4. The summed E-state index contributed by atoms with van der Waals surface area (Å²) in [5, 5.41) is 3.22. The normalized spacial score (nSPS) is 27.1. The number of piperidine rings is 1. The number of morpholine rings is 1. The molecule has 0 aromatic heterocycles. The second-order valence-corrected chi connectivity index (χ2v) is 8.45. The smallest absolute Gasteiger partial charge is 0.317 e. The van der Waals surface area contributed by atoms with Crippen LogP contribution in [0.25, 0.3) is 0 Å². The van der Waals surface area contributed by atoms with Crippen molar-refractivity contribution in [2.75, 3.05) is 59.0 Å². The summed E-state index contributed by atoms with van der Waals surface area (Å²) < 4.78 is 5.45. The summed E-state index contributed by atoms with van der Waals surface area (Å²) >= 11 is 0. The van der Waals surface area contributed by atoms with Crippen LogP contribution >= 0.6 is 0 Å². The van der Waals surface area contributed by atoms with E-state index in [1.54, 1.807) is 0 Å². The molecule has 3 aliphatic heterocycles. The van der Waals surface area contributed by atoms with Gasteiger partial charge in [-0.1, -0.05) is 30.3 Å². The lowest BCUT2D eigenvalue weighted by atomic mass is 9.97. The lowest BCUT2D eigenvalue weighted by molar-refractivity contribution is 0.0191. The molecule has 0 aliphatic carbocycles. The molecule has 2 amide bonds. The first-order valence-electron chi connectivity index (χ1n) is 10.9. The van der Waals surface area contributed by atoms with E-state index in [9.17, 15) is 4.79 Å². The van der Waals surface area contributed by atoms with Gasteiger partial charge in [0.1, 0.15) is 0 Å². The molecule has 154 valence electrons. The molecular weight excluding hydrogens is 352 g/mol. The van der Waals surface area contributed by atoms with Crippen molar-refractivity contribution in [2.24, 2.45) is 5.92 Å². The standard InChI is InChI=1S/C22H34N4O2/c27-22(26-10-8-21(18-26)25-11-13-28-14-12-25)23-15-20-7-4-9-24(17-20)16-19-5-2-1-3-6-19/h1-3,5-6,20-21H,4,7-18H2,(H,23,27). The molecule has 6 nitrogen and oxygen atoms in total. The van der Waals surface area contributed by atoms with E-state index < -0.39 is 0 Å². The molecule has 2 atom stereocenters. The monoisotopic (exact) mass is 386 g/mol. The van der Waals surface area contributed by atoms with Crippen molar-refractivity contribution in [3.8, 4) is 0 Å². The van der Waals surface area contributed by atoms with Gasteiger partial charge in [-0.3, -0.25) is 9.80 Å². The van der Waals surface area contributed by atoms with Crippen molar-refractivity contribution in [3.05, 3.63) is 35.9 Å². The van der Waals surface area contributed by atoms with Crippen LogP contribution in [0.15, 0.2) is 30.3 Å². The van der Waals surface area contributed by atoms with Crippen molar-refractivity contribution in [2.45, 2.75) is 31.8 Å². The van der Waals surface area contributed by atoms with Gasteiger partial charge < -0.3 is 15.0 Å². The van der Waals surface area contributed by atoms with Gasteiger partial charge in [0.2, 0.25) is 0 Å². The largest absolute Gasteiger partial charge is 0.379 e. The average molecular weight is 387 g/mol. The van der Waals surface area contributed by atoms with Crippen molar-refractivity contribution >= 4 is 6.03 Å². The second kappa shape index (κ2) is 9.72. The number of rotatable bonds is 5. The van der Waals surface area contributed by atoms with Gasteiger partial charge in [-0.25, -0.2) is 4.79 Å². The van der Waals surface area contributed by atoms with E-state index in [4.69, 9.17) is 4.74 Å². The van der Waals surface area contributed by atoms with Crippen LogP contribution in [-0.4, -0.2) is 85.8 Å². The van der Waals surface area contributed by atoms with Crippen LogP contribution < -0.4 is 5.32 Å². The Hall–Kier alpha value is -1.63. The summed E-state index contributed by atoms with van der Waals surface area (Å²) in [6.07, 6.45) is 3.51. The van der Waals surface area contributed by atoms with E-state index in [2.05, 4.69) is 45.4 Å². The van der Waals surface area contributed by atoms with Crippen LogP contribution in [0, 0.1) is 5.92 Å². The Bertz CT molecular complexity index is 620. The fourth-order valence-electron chi connectivity index (χ4n) is 4.81. The Balaban J connectivity index is 1.19. The van der Waals surface area contributed by atoms with Crippen LogP contribution in [0.2, 0.25) is 0 Å². The number of urea groups is 1. The lowest BCUT2D eigenvalue weighted by Crippen LogP contribution is -2.47. The van der Waals surface area contributed by atoms with Crippen molar-refractivity contribution in [3.63, 3.8) is 0 Å². The highest BCUT2D eigenvalue weighted by Gasteiger charge is 2.31. The number of amides is 2. The van der Waals surface area contributed by atoms with E-state index in [0.717, 1.165) is 72.0 Å². The Labute approximate surface area is 168 Å². The second-order valence-electron chi connectivity index (χ2n) is 8.45. The lowest BCUT2D eigenvalue weighted by Gasteiger charge is -2.33. The van der Waals surface area contributed by atoms with Gasteiger partial charge in [-0.2, -0.15) is 0 Å². The first-order valence-corrected chi connectivity index (χ1v) is 10.9. The van der Waals surface area contributed by atoms with Crippen LogP contribution in [0.1, 0.15) is 24.8 Å². The van der Waals surface area contributed by atoms with Gasteiger partial charge in [0.25, 0.3) is 0 Å². The minimum absolute atomic E-state index is 0.121. The number of ether oxygens (including phenoxy) is 1. The molecule has 0 spiro atoms. The van der Waals surface area contributed by atoms with Gasteiger partial charge >= 0.3 is 6.03 Å². The third-order valence-corrected chi connectivity index (χ3v) is 6.41. The molecule has 4 rings (SSSR count). The predicted octanol–water partition coefficient (Wildman–Crippen LogP) is 2.01. The van der Waals surface area contributed by atoms with Crippen LogP contribution in [0.5, 0.6) is 0 Å². The molecule has 3 fully saturated rings. The molecule has 1 N–H and O–H groups in total. The van der Waals surface area contributed by atoms with E-state index in [1.165, 1.54) is 18.4 Å². The number of hydrogen-bond donors (Lipinski definition) is 1.